The smallest absolute Gasteiger partial charge is 0.0703 e. The SMILES string of the molecule is CC1(C)CCC(OC2CCCNC2)CC1. The van der Waals surface area contributed by atoms with Crippen LogP contribution in [0.1, 0.15) is 52.4 Å². The molecule has 1 unspecified atom stereocenters. The van der Waals surface area contributed by atoms with Crippen molar-refractivity contribution < 1.29 is 4.74 Å². The number of hydrogen-bond donors (Lipinski definition) is 1. The van der Waals surface area contributed by atoms with E-state index in [-0.39, 0.29) is 0 Å². The van der Waals surface area contributed by atoms with Gasteiger partial charge in [-0.25, -0.2) is 0 Å². The Labute approximate surface area is 93.8 Å². The Balaban J connectivity index is 1.71. The van der Waals surface area contributed by atoms with Crippen molar-refractivity contribution in [3.63, 3.8) is 0 Å². The van der Waals surface area contributed by atoms with Crippen molar-refractivity contribution in [2.24, 2.45) is 5.41 Å². The maximum atomic E-state index is 6.16. The number of rotatable bonds is 2. The fourth-order valence-corrected chi connectivity index (χ4v) is 2.72. The predicted octanol–water partition coefficient (Wildman–Crippen LogP) is 2.72. The first-order valence-electron chi connectivity index (χ1n) is 6.52. The maximum absolute atomic E-state index is 6.16. The number of hydrogen-bond acceptors (Lipinski definition) is 2. The van der Waals surface area contributed by atoms with Crippen molar-refractivity contribution in [1.29, 1.82) is 0 Å². The Morgan fingerprint density at radius 1 is 1.07 bits per heavy atom. The second kappa shape index (κ2) is 4.84. The van der Waals surface area contributed by atoms with Crippen molar-refractivity contribution in [3.8, 4) is 0 Å². The fourth-order valence-electron chi connectivity index (χ4n) is 2.72. The molecule has 1 saturated carbocycles. The third kappa shape index (κ3) is 3.46. The van der Waals surface area contributed by atoms with E-state index in [9.17, 15) is 0 Å². The summed E-state index contributed by atoms with van der Waals surface area (Å²) in [5.74, 6) is 0. The number of piperidine rings is 1. The Bertz CT molecular complexity index is 187. The molecule has 0 spiro atoms. The monoisotopic (exact) mass is 211 g/mol. The molecule has 0 radical (unpaired) electrons. The quantitative estimate of drug-likeness (QED) is 0.758. The van der Waals surface area contributed by atoms with Crippen LogP contribution < -0.4 is 5.32 Å². The molecule has 88 valence electrons. The Hall–Kier alpha value is -0.0800. The van der Waals surface area contributed by atoms with Crippen LogP contribution >= 0.6 is 0 Å². The molecule has 0 bridgehead atoms. The first-order chi connectivity index (χ1) is 7.16. The van der Waals surface area contributed by atoms with Gasteiger partial charge in [0.2, 0.25) is 0 Å². The highest BCUT2D eigenvalue weighted by atomic mass is 16.5. The molecular formula is C13H25NO. The molecule has 2 rings (SSSR count). The van der Waals surface area contributed by atoms with Crippen molar-refractivity contribution in [2.45, 2.75) is 64.6 Å². The summed E-state index contributed by atoms with van der Waals surface area (Å²) < 4.78 is 6.16. The van der Waals surface area contributed by atoms with Gasteiger partial charge in [0.15, 0.2) is 0 Å². The fraction of sp³-hybridized carbons (Fsp3) is 1.00. The van der Waals surface area contributed by atoms with E-state index in [0.717, 1.165) is 6.54 Å². The van der Waals surface area contributed by atoms with E-state index in [1.807, 2.05) is 0 Å². The second-order valence-corrected chi connectivity index (χ2v) is 5.97. The van der Waals surface area contributed by atoms with E-state index in [1.54, 1.807) is 0 Å². The van der Waals surface area contributed by atoms with E-state index in [1.165, 1.54) is 45.1 Å². The van der Waals surface area contributed by atoms with Gasteiger partial charge in [0, 0.05) is 6.54 Å². The van der Waals surface area contributed by atoms with Gasteiger partial charge in [-0.15, -0.1) is 0 Å². The molecular weight excluding hydrogens is 186 g/mol. The van der Waals surface area contributed by atoms with Crippen LogP contribution in [0, 0.1) is 5.41 Å². The van der Waals surface area contributed by atoms with E-state index >= 15 is 0 Å². The average molecular weight is 211 g/mol. The zero-order chi connectivity index (χ0) is 10.7. The van der Waals surface area contributed by atoms with Crippen molar-refractivity contribution in [3.05, 3.63) is 0 Å². The van der Waals surface area contributed by atoms with Crippen LogP contribution in [0.2, 0.25) is 0 Å². The van der Waals surface area contributed by atoms with Gasteiger partial charge in [0.05, 0.1) is 12.2 Å². The third-order valence-corrected chi connectivity index (χ3v) is 3.92. The predicted molar refractivity (Wildman–Crippen MR) is 63.0 cm³/mol. The van der Waals surface area contributed by atoms with Gasteiger partial charge in [0.1, 0.15) is 0 Å². The molecule has 0 aromatic heterocycles. The maximum Gasteiger partial charge on any atom is 0.0703 e. The summed E-state index contributed by atoms with van der Waals surface area (Å²) in [4.78, 5) is 0. The van der Waals surface area contributed by atoms with Crippen LogP contribution in [0.5, 0.6) is 0 Å². The highest BCUT2D eigenvalue weighted by molar-refractivity contribution is 4.80. The van der Waals surface area contributed by atoms with Crippen molar-refractivity contribution in [2.75, 3.05) is 13.1 Å². The van der Waals surface area contributed by atoms with Crippen LogP contribution in [0.4, 0.5) is 0 Å². The zero-order valence-electron chi connectivity index (χ0n) is 10.2. The number of nitrogens with one attached hydrogen (secondary N) is 1. The van der Waals surface area contributed by atoms with Gasteiger partial charge in [-0.2, -0.15) is 0 Å². The summed E-state index contributed by atoms with van der Waals surface area (Å²) in [6.45, 7) is 7.01. The van der Waals surface area contributed by atoms with Gasteiger partial charge >= 0.3 is 0 Å². The largest absolute Gasteiger partial charge is 0.374 e. The molecule has 2 aliphatic rings. The van der Waals surface area contributed by atoms with Gasteiger partial charge in [0.25, 0.3) is 0 Å². The highest BCUT2D eigenvalue weighted by Gasteiger charge is 2.28. The lowest BCUT2D eigenvalue weighted by Gasteiger charge is -2.36. The van der Waals surface area contributed by atoms with Crippen LogP contribution in [0.3, 0.4) is 0 Å². The highest BCUT2D eigenvalue weighted by Crippen LogP contribution is 2.36. The van der Waals surface area contributed by atoms with Crippen molar-refractivity contribution >= 4 is 0 Å². The summed E-state index contributed by atoms with van der Waals surface area (Å²) in [7, 11) is 0. The standard InChI is InChI=1S/C13H25NO/c1-13(2)7-5-11(6-8-13)15-12-4-3-9-14-10-12/h11-12,14H,3-10H2,1-2H3. The summed E-state index contributed by atoms with van der Waals surface area (Å²) in [6.07, 6.45) is 8.77. The Morgan fingerprint density at radius 2 is 1.80 bits per heavy atom. The van der Waals surface area contributed by atoms with Crippen LogP contribution in [-0.2, 0) is 4.74 Å². The van der Waals surface area contributed by atoms with Gasteiger partial charge in [-0.1, -0.05) is 13.8 Å². The zero-order valence-corrected chi connectivity index (χ0v) is 10.2. The second-order valence-electron chi connectivity index (χ2n) is 5.97. The Morgan fingerprint density at radius 3 is 2.40 bits per heavy atom. The van der Waals surface area contributed by atoms with Crippen LogP contribution in [-0.4, -0.2) is 25.3 Å². The van der Waals surface area contributed by atoms with Gasteiger partial charge in [-0.05, 0) is 50.5 Å². The first kappa shape index (κ1) is 11.4. The molecule has 2 fully saturated rings. The molecule has 0 aromatic rings. The minimum Gasteiger partial charge on any atom is -0.374 e. The number of ether oxygens (including phenoxy) is 1. The molecule has 1 N–H and O–H groups in total. The van der Waals surface area contributed by atoms with Gasteiger partial charge in [-0.3, -0.25) is 0 Å². The first-order valence-corrected chi connectivity index (χ1v) is 6.52. The molecule has 1 saturated heterocycles. The molecule has 2 nitrogen and oxygen atoms in total. The normalized spacial score (nSPS) is 32.8. The molecule has 1 aliphatic carbocycles. The summed E-state index contributed by atoms with van der Waals surface area (Å²) in [5.41, 5.74) is 0.560. The van der Waals surface area contributed by atoms with E-state index < -0.39 is 0 Å². The molecule has 15 heavy (non-hydrogen) atoms. The summed E-state index contributed by atoms with van der Waals surface area (Å²) >= 11 is 0. The van der Waals surface area contributed by atoms with Crippen molar-refractivity contribution in [1.82, 2.24) is 5.32 Å². The van der Waals surface area contributed by atoms with Crippen LogP contribution in [0.25, 0.3) is 0 Å². The topological polar surface area (TPSA) is 21.3 Å². The Kier molecular flexibility index (Phi) is 3.68. The summed E-state index contributed by atoms with van der Waals surface area (Å²) in [5, 5.41) is 3.42. The molecule has 1 heterocycles. The lowest BCUT2D eigenvalue weighted by molar-refractivity contribution is -0.0527. The third-order valence-electron chi connectivity index (χ3n) is 3.92. The lowest BCUT2D eigenvalue weighted by Crippen LogP contribution is -2.39. The lowest BCUT2D eigenvalue weighted by atomic mass is 9.76. The minimum absolute atomic E-state index is 0.491. The molecule has 1 aliphatic heterocycles. The van der Waals surface area contributed by atoms with E-state index in [4.69, 9.17) is 4.74 Å². The molecule has 1 atom stereocenters. The molecule has 2 heteroatoms. The van der Waals surface area contributed by atoms with E-state index in [2.05, 4.69) is 19.2 Å². The molecule has 0 aromatic carbocycles. The molecule has 0 amide bonds. The van der Waals surface area contributed by atoms with Gasteiger partial charge < -0.3 is 10.1 Å². The minimum atomic E-state index is 0.491. The van der Waals surface area contributed by atoms with Crippen LogP contribution in [0.15, 0.2) is 0 Å². The van der Waals surface area contributed by atoms with E-state index in [0.29, 0.717) is 17.6 Å². The summed E-state index contributed by atoms with van der Waals surface area (Å²) in [6, 6.07) is 0. The average Bonchev–Trinajstić information content (AvgIpc) is 2.23.